The van der Waals surface area contributed by atoms with E-state index in [1.165, 1.54) is 37.3 Å². The number of carbonyl (C=O) groups excluding carboxylic acids is 6. The molecule has 1 aliphatic heterocycles. The fraction of sp³-hybridized carbons (Fsp3) is 0.500. The lowest BCUT2D eigenvalue weighted by Gasteiger charge is -2.38. The molecule has 2 aromatic carbocycles. The first-order valence-electron chi connectivity index (χ1n) is 22.2. The minimum Gasteiger partial charge on any atom is -0.348 e. The number of anilines is 1. The largest absolute Gasteiger partial charge is 0.348 e. The van der Waals surface area contributed by atoms with E-state index in [0.29, 0.717) is 32.4 Å². The molecule has 0 N–H and O–H groups in total. The van der Waals surface area contributed by atoms with Crippen LogP contribution >= 0.6 is 11.3 Å². The number of nitrogens with zero attached hydrogens (tertiary/aromatic N) is 5. The first kappa shape index (κ1) is 49.4. The summed E-state index contributed by atoms with van der Waals surface area (Å²) in [5.74, 6) is -4.69. The summed E-state index contributed by atoms with van der Waals surface area (Å²) in [6, 6.07) is 13.8. The number of rotatable bonds is 18. The molecule has 0 radical (unpaired) electrons. The minimum atomic E-state index is -1.19. The molecule has 0 saturated heterocycles. The van der Waals surface area contributed by atoms with E-state index < -0.39 is 46.6 Å². The Balaban J connectivity index is 2.10. The van der Waals surface area contributed by atoms with Crippen LogP contribution in [-0.4, -0.2) is 74.0 Å². The zero-order valence-electron chi connectivity index (χ0n) is 39.0. The van der Waals surface area contributed by atoms with Crippen LogP contribution in [0, 0.1) is 25.7 Å². The first-order valence-corrected chi connectivity index (χ1v) is 23.0. The summed E-state index contributed by atoms with van der Waals surface area (Å²) in [7, 11) is 0. The molecular formula is C50H67N5O6S. The van der Waals surface area contributed by atoms with E-state index in [4.69, 9.17) is 4.98 Å². The van der Waals surface area contributed by atoms with Crippen molar-refractivity contribution >= 4 is 58.0 Å². The third kappa shape index (κ3) is 11.2. The number of carbonyl (C=O) groups is 6. The Morgan fingerprint density at radius 2 is 1.31 bits per heavy atom. The van der Waals surface area contributed by atoms with Gasteiger partial charge in [-0.05, 0) is 101 Å². The first-order chi connectivity index (χ1) is 29.3. The third-order valence-corrected chi connectivity index (χ3v) is 12.7. The molecule has 4 rings (SSSR count). The topological polar surface area (TPSA) is 128 Å². The minimum absolute atomic E-state index is 0.0166. The summed E-state index contributed by atoms with van der Waals surface area (Å²) in [5.41, 5.74) is 1.89. The molecule has 1 aliphatic rings. The van der Waals surface area contributed by atoms with Gasteiger partial charge in [-0.25, -0.2) is 4.98 Å². The van der Waals surface area contributed by atoms with Crippen molar-refractivity contribution in [1.82, 2.24) is 19.9 Å². The predicted molar refractivity (Wildman–Crippen MR) is 249 cm³/mol. The number of unbranched alkanes of at least 4 members (excludes halogenated alkanes) is 2. The van der Waals surface area contributed by atoms with E-state index in [0.717, 1.165) is 98.1 Å². The van der Waals surface area contributed by atoms with Gasteiger partial charge in [0.2, 0.25) is 11.8 Å². The molecule has 0 spiro atoms. The van der Waals surface area contributed by atoms with Crippen LogP contribution in [0.15, 0.2) is 65.3 Å². The predicted octanol–water partition coefficient (Wildman–Crippen LogP) is 10.5. The van der Waals surface area contributed by atoms with Gasteiger partial charge >= 0.3 is 0 Å². The van der Waals surface area contributed by atoms with E-state index in [1.807, 2.05) is 32.0 Å². The van der Waals surface area contributed by atoms with Crippen molar-refractivity contribution in [1.29, 1.82) is 0 Å². The fourth-order valence-corrected chi connectivity index (χ4v) is 9.25. The van der Waals surface area contributed by atoms with Crippen LogP contribution < -0.4 is 4.90 Å². The number of aryl methyl sites for hydroxylation is 2. The van der Waals surface area contributed by atoms with E-state index in [-0.39, 0.29) is 16.7 Å². The lowest BCUT2D eigenvalue weighted by molar-refractivity contribution is -0.164. The molecule has 3 aromatic rings. The molecule has 12 heteroatoms. The number of amides is 6. The van der Waals surface area contributed by atoms with Crippen molar-refractivity contribution in [2.75, 3.05) is 18.0 Å². The van der Waals surface area contributed by atoms with E-state index in [9.17, 15) is 24.0 Å². The van der Waals surface area contributed by atoms with E-state index in [1.54, 1.807) is 45.0 Å². The van der Waals surface area contributed by atoms with Crippen molar-refractivity contribution in [2.24, 2.45) is 11.8 Å². The molecular weight excluding hydrogens is 799 g/mol. The molecule has 1 aromatic heterocycles. The summed E-state index contributed by atoms with van der Waals surface area (Å²) in [6.07, 6.45) is 10.4. The van der Waals surface area contributed by atoms with Gasteiger partial charge in [0.05, 0.1) is 10.6 Å². The Morgan fingerprint density at radius 1 is 0.758 bits per heavy atom. The zero-order chi connectivity index (χ0) is 46.1. The summed E-state index contributed by atoms with van der Waals surface area (Å²) < 4.78 is 0. The lowest BCUT2D eigenvalue weighted by atomic mass is 9.91. The van der Waals surface area contributed by atoms with Crippen LogP contribution in [0.4, 0.5) is 5.13 Å². The molecule has 11 nitrogen and oxygen atoms in total. The van der Waals surface area contributed by atoms with Crippen LogP contribution in [0.5, 0.6) is 0 Å². The molecule has 0 aliphatic carbocycles. The molecule has 2 unspecified atom stereocenters. The second kappa shape index (κ2) is 21.7. The van der Waals surface area contributed by atoms with Crippen LogP contribution in [-0.2, 0) is 24.0 Å². The highest BCUT2D eigenvalue weighted by Crippen LogP contribution is 2.41. The summed E-state index contributed by atoms with van der Waals surface area (Å²) in [5, 5.41) is 1.74. The maximum Gasteiger partial charge on any atom is 0.286 e. The van der Waals surface area contributed by atoms with Gasteiger partial charge in [0.25, 0.3) is 23.6 Å². The SMILES string of the molecule is CCCCC(CC)CN(CC(CC)CCCC)c1nc(-c2c(C)cccc2C)c(/C=C2\C(=O)N(N(C(C)=O)C(=O)c3ccccc3)C(=O)C(C(=O)N(C(C)=O)C(C)(C)C)=C2C)s1. The molecule has 0 saturated carbocycles. The highest BCUT2D eigenvalue weighted by molar-refractivity contribution is 7.17. The monoisotopic (exact) mass is 865 g/mol. The van der Waals surface area contributed by atoms with Gasteiger partial charge in [0.15, 0.2) is 5.13 Å². The molecule has 2 atom stereocenters. The van der Waals surface area contributed by atoms with Crippen molar-refractivity contribution in [3.63, 3.8) is 0 Å². The molecule has 334 valence electrons. The molecule has 2 heterocycles. The second-order valence-corrected chi connectivity index (χ2v) is 18.5. The summed E-state index contributed by atoms with van der Waals surface area (Å²) >= 11 is 1.44. The second-order valence-electron chi connectivity index (χ2n) is 17.5. The maximum atomic E-state index is 15.0. The Kier molecular flexibility index (Phi) is 17.3. The zero-order valence-corrected chi connectivity index (χ0v) is 39.8. The number of aromatic nitrogens is 1. The molecule has 0 bridgehead atoms. The highest BCUT2D eigenvalue weighted by Gasteiger charge is 2.47. The van der Waals surface area contributed by atoms with Crippen LogP contribution in [0.3, 0.4) is 0 Å². The number of benzene rings is 2. The number of thiazole rings is 1. The van der Waals surface area contributed by atoms with E-state index in [2.05, 4.69) is 32.6 Å². The maximum absolute atomic E-state index is 15.0. The Hall–Kier alpha value is -5.23. The van der Waals surface area contributed by atoms with Gasteiger partial charge in [-0.2, -0.15) is 10.0 Å². The molecule has 0 fully saturated rings. The quantitative estimate of drug-likeness (QED) is 0.0702. The Morgan fingerprint density at radius 3 is 1.77 bits per heavy atom. The number of imide groups is 3. The average Bonchev–Trinajstić information content (AvgIpc) is 3.62. The van der Waals surface area contributed by atoms with Crippen molar-refractivity contribution in [2.45, 2.75) is 140 Å². The van der Waals surface area contributed by atoms with Crippen LogP contribution in [0.2, 0.25) is 0 Å². The van der Waals surface area contributed by atoms with Crippen LogP contribution in [0.25, 0.3) is 17.3 Å². The van der Waals surface area contributed by atoms with E-state index >= 15 is 4.79 Å². The standard InChI is InChI=1S/C50H67N5O6S/c1-13-17-25-37(15-3)30-52(31-38(16-4)26-18-14-2)49-51-44(42-32(5)23-22-24-33(42)6)41(62-49)29-40-34(7)43(47(60)53(35(8)56)50(10,11)12)48(61)55(46(40)59)54(36(9)57)45(58)39-27-20-19-21-28-39/h19-24,27-29,37-38H,13-18,25-26,30-31H2,1-12H3/b40-29-. The van der Waals surface area contributed by atoms with Crippen molar-refractivity contribution in [3.05, 3.63) is 86.8 Å². The van der Waals surface area contributed by atoms with Gasteiger partial charge in [0.1, 0.15) is 5.57 Å². The fourth-order valence-electron chi connectivity index (χ4n) is 8.22. The summed E-state index contributed by atoms with van der Waals surface area (Å²) in [6.45, 7) is 23.3. The van der Waals surface area contributed by atoms with Crippen LogP contribution in [0.1, 0.15) is 147 Å². The number of hydrazine groups is 1. The molecule has 6 amide bonds. The van der Waals surface area contributed by atoms with Crippen molar-refractivity contribution < 1.29 is 28.8 Å². The van der Waals surface area contributed by atoms with Gasteiger partial charge in [-0.15, -0.1) is 0 Å². The normalized spacial score (nSPS) is 14.9. The van der Waals surface area contributed by atoms with Crippen molar-refractivity contribution in [3.8, 4) is 11.3 Å². The summed E-state index contributed by atoms with van der Waals surface area (Å²) in [4.78, 5) is 94.5. The van der Waals surface area contributed by atoms with Gasteiger partial charge in [-0.1, -0.05) is 114 Å². The lowest BCUT2D eigenvalue weighted by Crippen LogP contribution is -2.59. The molecule has 62 heavy (non-hydrogen) atoms. The third-order valence-electron chi connectivity index (χ3n) is 11.7. The Bertz CT molecular complexity index is 2160. The smallest absolute Gasteiger partial charge is 0.286 e. The van der Waals surface area contributed by atoms with Gasteiger partial charge < -0.3 is 4.90 Å². The Labute approximate surface area is 373 Å². The average molecular weight is 866 g/mol. The van der Waals surface area contributed by atoms with Gasteiger partial charge in [0, 0.05) is 49.2 Å². The number of hydrogen-bond donors (Lipinski definition) is 0. The van der Waals surface area contributed by atoms with Gasteiger partial charge in [-0.3, -0.25) is 33.7 Å². The highest BCUT2D eigenvalue weighted by atomic mass is 32.1. The number of hydrogen-bond acceptors (Lipinski definition) is 9.